The normalized spacial score (nSPS) is 10.3. The maximum absolute atomic E-state index is 12.0. The zero-order chi connectivity index (χ0) is 16.8. The number of anilines is 1. The van der Waals surface area contributed by atoms with Crippen LogP contribution in [0.5, 0.6) is 11.5 Å². The molecule has 2 rings (SSSR count). The van der Waals surface area contributed by atoms with Crippen LogP contribution in [0, 0.1) is 0 Å². The molecule has 2 aromatic rings. The number of para-hydroxylation sites is 2. The van der Waals surface area contributed by atoms with Crippen molar-refractivity contribution in [3.63, 3.8) is 0 Å². The highest BCUT2D eigenvalue weighted by atomic mass is 35.5. The van der Waals surface area contributed by atoms with Gasteiger partial charge in [0.15, 0.2) is 12.4 Å². The molecule has 0 bridgehead atoms. The number of carbonyl (C=O) groups excluding carboxylic acids is 1. The zero-order valence-electron chi connectivity index (χ0n) is 12.2. The quantitative estimate of drug-likeness (QED) is 0.768. The third kappa shape index (κ3) is 4.93. The highest BCUT2D eigenvalue weighted by molar-refractivity contribution is 6.40. The summed E-state index contributed by atoms with van der Waals surface area (Å²) in [5.41, 5.74) is 0.566. The molecule has 0 fully saturated rings. The van der Waals surface area contributed by atoms with Crippen LogP contribution < -0.4 is 14.8 Å². The van der Waals surface area contributed by atoms with Gasteiger partial charge in [-0.15, -0.1) is 0 Å². The molecule has 0 saturated carbocycles. The molecule has 0 aliphatic heterocycles. The fourth-order valence-electron chi connectivity index (χ4n) is 1.84. The number of nitrogens with one attached hydrogen (secondary N) is 1. The Bertz CT molecular complexity index is 684. The van der Waals surface area contributed by atoms with Gasteiger partial charge in [-0.1, -0.05) is 46.9 Å². The van der Waals surface area contributed by atoms with Crippen LogP contribution in [-0.4, -0.2) is 19.1 Å². The molecule has 0 radical (unpaired) electrons. The molecule has 1 amide bonds. The molecule has 23 heavy (non-hydrogen) atoms. The third-order valence-corrected chi connectivity index (χ3v) is 3.55. The van der Waals surface area contributed by atoms with Crippen molar-refractivity contribution in [2.45, 2.75) is 6.92 Å². The smallest absolute Gasteiger partial charge is 0.262 e. The van der Waals surface area contributed by atoms with Crippen LogP contribution in [0.2, 0.25) is 15.1 Å². The second-order valence-electron chi connectivity index (χ2n) is 4.46. The Labute approximate surface area is 149 Å². The average molecular weight is 375 g/mol. The second kappa shape index (κ2) is 8.29. The van der Waals surface area contributed by atoms with Gasteiger partial charge in [-0.3, -0.25) is 4.79 Å². The molecular weight excluding hydrogens is 361 g/mol. The maximum atomic E-state index is 12.0. The summed E-state index contributed by atoms with van der Waals surface area (Å²) in [6, 6.07) is 10.1. The van der Waals surface area contributed by atoms with Crippen LogP contribution >= 0.6 is 34.8 Å². The Morgan fingerprint density at radius 2 is 1.74 bits per heavy atom. The van der Waals surface area contributed by atoms with Crippen molar-refractivity contribution >= 4 is 46.4 Å². The largest absolute Gasteiger partial charge is 0.492 e. The van der Waals surface area contributed by atoms with Crippen LogP contribution in [0.15, 0.2) is 36.4 Å². The number of rotatable bonds is 6. The molecule has 0 saturated heterocycles. The molecular formula is C16H14Cl3NO3. The van der Waals surface area contributed by atoms with E-state index in [4.69, 9.17) is 44.3 Å². The zero-order valence-corrected chi connectivity index (χ0v) is 14.5. The lowest BCUT2D eigenvalue weighted by Gasteiger charge is -2.13. The molecule has 0 aliphatic rings. The topological polar surface area (TPSA) is 47.6 Å². The van der Waals surface area contributed by atoms with Gasteiger partial charge in [0.2, 0.25) is 0 Å². The van der Waals surface area contributed by atoms with Gasteiger partial charge in [-0.2, -0.15) is 0 Å². The van der Waals surface area contributed by atoms with E-state index in [1.54, 1.807) is 18.2 Å². The van der Waals surface area contributed by atoms with Gasteiger partial charge in [-0.05, 0) is 31.2 Å². The minimum absolute atomic E-state index is 0.214. The molecule has 0 heterocycles. The van der Waals surface area contributed by atoms with E-state index in [1.807, 2.05) is 13.0 Å². The Kier molecular flexibility index (Phi) is 6.39. The number of halogens is 3. The summed E-state index contributed by atoms with van der Waals surface area (Å²) in [6.45, 7) is 2.12. The predicted molar refractivity (Wildman–Crippen MR) is 93.2 cm³/mol. The molecule has 0 unspecified atom stereocenters. The summed E-state index contributed by atoms with van der Waals surface area (Å²) in [7, 11) is 0. The minimum atomic E-state index is -0.362. The first-order valence-corrected chi connectivity index (χ1v) is 7.93. The van der Waals surface area contributed by atoms with Gasteiger partial charge < -0.3 is 14.8 Å². The van der Waals surface area contributed by atoms with E-state index in [-0.39, 0.29) is 28.3 Å². The summed E-state index contributed by atoms with van der Waals surface area (Å²) in [6.07, 6.45) is 0. The molecule has 0 aliphatic carbocycles. The van der Waals surface area contributed by atoms with Gasteiger partial charge in [0.1, 0.15) is 5.75 Å². The molecule has 0 atom stereocenters. The molecule has 122 valence electrons. The van der Waals surface area contributed by atoms with Crippen molar-refractivity contribution < 1.29 is 14.3 Å². The standard InChI is InChI=1S/C16H14Cl3NO3/c1-2-22-14-6-4-3-5-13(14)20-15(21)9-23-16-11(18)7-10(17)8-12(16)19/h3-8H,2,9H2,1H3,(H,20,21). The first-order valence-electron chi connectivity index (χ1n) is 6.80. The SMILES string of the molecule is CCOc1ccccc1NC(=O)COc1c(Cl)cc(Cl)cc1Cl. The van der Waals surface area contributed by atoms with Crippen LogP contribution in [-0.2, 0) is 4.79 Å². The fraction of sp³-hybridized carbons (Fsp3) is 0.188. The van der Waals surface area contributed by atoms with Gasteiger partial charge >= 0.3 is 0 Å². The van der Waals surface area contributed by atoms with Crippen molar-refractivity contribution in [3.8, 4) is 11.5 Å². The highest BCUT2D eigenvalue weighted by Crippen LogP contribution is 2.35. The summed E-state index contributed by atoms with van der Waals surface area (Å²) in [4.78, 5) is 12.0. The summed E-state index contributed by atoms with van der Waals surface area (Å²) < 4.78 is 10.8. The lowest BCUT2D eigenvalue weighted by molar-refractivity contribution is -0.118. The van der Waals surface area contributed by atoms with E-state index in [0.29, 0.717) is 23.1 Å². The van der Waals surface area contributed by atoms with E-state index in [0.717, 1.165) is 0 Å². The number of carbonyl (C=O) groups is 1. The molecule has 4 nitrogen and oxygen atoms in total. The number of hydrogen-bond acceptors (Lipinski definition) is 3. The van der Waals surface area contributed by atoms with E-state index < -0.39 is 0 Å². The number of hydrogen-bond donors (Lipinski definition) is 1. The van der Waals surface area contributed by atoms with Crippen molar-refractivity contribution in [1.82, 2.24) is 0 Å². The monoisotopic (exact) mass is 373 g/mol. The molecule has 0 spiro atoms. The first kappa shape index (κ1) is 17.7. The molecule has 7 heteroatoms. The predicted octanol–water partition coefficient (Wildman–Crippen LogP) is 5.06. The van der Waals surface area contributed by atoms with Crippen molar-refractivity contribution in [3.05, 3.63) is 51.5 Å². The highest BCUT2D eigenvalue weighted by Gasteiger charge is 2.12. The van der Waals surface area contributed by atoms with Gasteiger partial charge in [0.05, 0.1) is 22.3 Å². The molecule has 1 N–H and O–H groups in total. The number of benzene rings is 2. The fourth-order valence-corrected chi connectivity index (χ4v) is 2.77. The van der Waals surface area contributed by atoms with E-state index in [1.165, 1.54) is 12.1 Å². The summed E-state index contributed by atoms with van der Waals surface area (Å²) >= 11 is 17.8. The van der Waals surface area contributed by atoms with Crippen molar-refractivity contribution in [2.75, 3.05) is 18.5 Å². The lowest BCUT2D eigenvalue weighted by Crippen LogP contribution is -2.20. The van der Waals surface area contributed by atoms with E-state index >= 15 is 0 Å². The third-order valence-electron chi connectivity index (χ3n) is 2.77. The van der Waals surface area contributed by atoms with Gasteiger partial charge in [0, 0.05) is 5.02 Å². The van der Waals surface area contributed by atoms with E-state index in [9.17, 15) is 4.79 Å². The average Bonchev–Trinajstić information content (AvgIpc) is 2.48. The summed E-state index contributed by atoms with van der Waals surface area (Å²) in [5, 5.41) is 3.59. The lowest BCUT2D eigenvalue weighted by atomic mass is 10.3. The Morgan fingerprint density at radius 1 is 1.09 bits per heavy atom. The maximum Gasteiger partial charge on any atom is 0.262 e. The van der Waals surface area contributed by atoms with Crippen LogP contribution in [0.3, 0.4) is 0 Å². The first-order chi connectivity index (χ1) is 11.0. The number of amides is 1. The Hall–Kier alpha value is -1.62. The van der Waals surface area contributed by atoms with Crippen LogP contribution in [0.4, 0.5) is 5.69 Å². The van der Waals surface area contributed by atoms with Crippen molar-refractivity contribution in [1.29, 1.82) is 0 Å². The molecule has 2 aromatic carbocycles. The van der Waals surface area contributed by atoms with Crippen LogP contribution in [0.25, 0.3) is 0 Å². The summed E-state index contributed by atoms with van der Waals surface area (Å²) in [5.74, 6) is 0.441. The van der Waals surface area contributed by atoms with Crippen LogP contribution in [0.1, 0.15) is 6.92 Å². The van der Waals surface area contributed by atoms with E-state index in [2.05, 4.69) is 5.32 Å². The second-order valence-corrected chi connectivity index (χ2v) is 5.72. The Balaban J connectivity index is 2.01. The van der Waals surface area contributed by atoms with Crippen molar-refractivity contribution in [2.24, 2.45) is 0 Å². The van der Waals surface area contributed by atoms with Gasteiger partial charge in [0.25, 0.3) is 5.91 Å². The van der Waals surface area contributed by atoms with Gasteiger partial charge in [-0.25, -0.2) is 0 Å². The Morgan fingerprint density at radius 3 is 2.39 bits per heavy atom. The minimum Gasteiger partial charge on any atom is -0.492 e. The molecule has 0 aromatic heterocycles. The number of ether oxygens (including phenoxy) is 2.